The highest BCUT2D eigenvalue weighted by Gasteiger charge is 2.29. The Morgan fingerprint density at radius 2 is 2.21 bits per heavy atom. The first-order valence-corrected chi connectivity index (χ1v) is 6.40. The van der Waals surface area contributed by atoms with Crippen molar-refractivity contribution in [3.8, 4) is 0 Å². The van der Waals surface area contributed by atoms with Crippen LogP contribution in [0.5, 0.6) is 0 Å². The second-order valence-corrected chi connectivity index (χ2v) is 4.84. The van der Waals surface area contributed by atoms with E-state index >= 15 is 0 Å². The Labute approximate surface area is 112 Å². The second kappa shape index (κ2) is 6.04. The molecule has 0 spiro atoms. The molecular formula is C14H19NO4. The molecule has 5 nitrogen and oxygen atoms in total. The van der Waals surface area contributed by atoms with Crippen LogP contribution in [-0.2, 0) is 9.53 Å². The zero-order valence-electron chi connectivity index (χ0n) is 11.0. The number of aryl methyl sites for hydroxylation is 1. The number of carbonyl (C=O) groups excluding carboxylic acids is 1. The Hall–Kier alpha value is -1.59. The van der Waals surface area contributed by atoms with E-state index < -0.39 is 5.60 Å². The summed E-state index contributed by atoms with van der Waals surface area (Å²) in [7, 11) is 0. The number of carbonyl (C=O) groups is 1. The molecular weight excluding hydrogens is 246 g/mol. The molecule has 5 heteroatoms. The van der Waals surface area contributed by atoms with E-state index in [0.717, 1.165) is 5.76 Å². The summed E-state index contributed by atoms with van der Waals surface area (Å²) < 4.78 is 10.5. The third-order valence-corrected chi connectivity index (χ3v) is 3.18. The molecule has 1 fully saturated rings. The minimum atomic E-state index is -0.844. The van der Waals surface area contributed by atoms with Crippen LogP contribution in [0.4, 0.5) is 0 Å². The van der Waals surface area contributed by atoms with Gasteiger partial charge >= 0.3 is 0 Å². The van der Waals surface area contributed by atoms with Gasteiger partial charge in [-0.2, -0.15) is 0 Å². The molecule has 1 amide bonds. The van der Waals surface area contributed by atoms with Gasteiger partial charge in [0.05, 0.1) is 5.60 Å². The Bertz CT molecular complexity index is 458. The summed E-state index contributed by atoms with van der Waals surface area (Å²) in [6, 6.07) is 3.63. The van der Waals surface area contributed by atoms with Gasteiger partial charge in [-0.1, -0.05) is 0 Å². The lowest BCUT2D eigenvalue weighted by atomic mass is 9.94. The molecule has 2 rings (SSSR count). The largest absolute Gasteiger partial charge is 0.462 e. The molecule has 1 aliphatic heterocycles. The molecule has 1 aromatic rings. The summed E-state index contributed by atoms with van der Waals surface area (Å²) in [5.41, 5.74) is -0.844. The van der Waals surface area contributed by atoms with Gasteiger partial charge in [-0.15, -0.1) is 0 Å². The zero-order chi connectivity index (χ0) is 13.7. The van der Waals surface area contributed by atoms with Crippen LogP contribution in [0.2, 0.25) is 0 Å². The predicted molar refractivity (Wildman–Crippen MR) is 70.5 cm³/mol. The van der Waals surface area contributed by atoms with E-state index in [2.05, 4.69) is 5.32 Å². The molecule has 2 heterocycles. The van der Waals surface area contributed by atoms with Crippen LogP contribution >= 0.6 is 0 Å². The number of ether oxygens (including phenoxy) is 1. The summed E-state index contributed by atoms with van der Waals surface area (Å²) in [5, 5.41) is 12.9. The van der Waals surface area contributed by atoms with E-state index in [4.69, 9.17) is 9.15 Å². The van der Waals surface area contributed by atoms with Crippen LogP contribution in [0.15, 0.2) is 22.6 Å². The molecule has 0 unspecified atom stereocenters. The summed E-state index contributed by atoms with van der Waals surface area (Å²) in [6.45, 7) is 3.16. The lowest BCUT2D eigenvalue weighted by Crippen LogP contribution is -2.46. The second-order valence-electron chi connectivity index (χ2n) is 4.84. The average Bonchev–Trinajstić information content (AvgIpc) is 2.81. The van der Waals surface area contributed by atoms with E-state index in [-0.39, 0.29) is 12.5 Å². The highest BCUT2D eigenvalue weighted by Crippen LogP contribution is 2.19. The predicted octanol–water partition coefficient (Wildman–Crippen LogP) is 1.26. The number of aliphatic hydroxyl groups is 1. The lowest BCUT2D eigenvalue weighted by Gasteiger charge is -2.31. The van der Waals surface area contributed by atoms with Crippen molar-refractivity contribution >= 4 is 12.0 Å². The fourth-order valence-corrected chi connectivity index (χ4v) is 1.94. The first-order chi connectivity index (χ1) is 9.07. The van der Waals surface area contributed by atoms with Gasteiger partial charge in [0.15, 0.2) is 0 Å². The molecule has 0 radical (unpaired) electrons. The molecule has 2 N–H and O–H groups in total. The molecule has 1 saturated heterocycles. The van der Waals surface area contributed by atoms with Crippen molar-refractivity contribution in [1.82, 2.24) is 5.32 Å². The number of nitrogens with one attached hydrogen (secondary N) is 1. The third kappa shape index (κ3) is 4.22. The van der Waals surface area contributed by atoms with Crippen molar-refractivity contribution in [2.24, 2.45) is 0 Å². The minimum absolute atomic E-state index is 0.242. The summed E-state index contributed by atoms with van der Waals surface area (Å²) in [4.78, 5) is 11.6. The maximum atomic E-state index is 11.6. The van der Waals surface area contributed by atoms with E-state index in [1.165, 1.54) is 6.08 Å². The van der Waals surface area contributed by atoms with Gasteiger partial charge in [0, 0.05) is 38.7 Å². The molecule has 0 saturated carbocycles. The van der Waals surface area contributed by atoms with Gasteiger partial charge in [0.2, 0.25) is 5.91 Å². The molecule has 0 aromatic carbocycles. The van der Waals surface area contributed by atoms with Gasteiger partial charge < -0.3 is 19.6 Å². The molecule has 1 aliphatic rings. The lowest BCUT2D eigenvalue weighted by molar-refractivity contribution is -0.119. The first kappa shape index (κ1) is 13.8. The normalized spacial score (nSPS) is 18.6. The van der Waals surface area contributed by atoms with Gasteiger partial charge in [-0.3, -0.25) is 4.79 Å². The van der Waals surface area contributed by atoms with Crippen LogP contribution in [0.3, 0.4) is 0 Å². The van der Waals surface area contributed by atoms with E-state index in [0.29, 0.717) is 31.8 Å². The van der Waals surface area contributed by atoms with Crippen molar-refractivity contribution in [3.05, 3.63) is 29.7 Å². The van der Waals surface area contributed by atoms with Gasteiger partial charge in [0.1, 0.15) is 11.5 Å². The van der Waals surface area contributed by atoms with Crippen LogP contribution in [0, 0.1) is 6.92 Å². The molecule has 0 atom stereocenters. The van der Waals surface area contributed by atoms with Crippen molar-refractivity contribution in [1.29, 1.82) is 0 Å². The molecule has 1 aromatic heterocycles. The van der Waals surface area contributed by atoms with Crippen molar-refractivity contribution in [2.75, 3.05) is 19.8 Å². The van der Waals surface area contributed by atoms with Gasteiger partial charge in [0.25, 0.3) is 0 Å². The van der Waals surface area contributed by atoms with Gasteiger partial charge in [-0.25, -0.2) is 0 Å². The smallest absolute Gasteiger partial charge is 0.244 e. The number of amides is 1. The highest BCUT2D eigenvalue weighted by molar-refractivity contribution is 5.91. The summed E-state index contributed by atoms with van der Waals surface area (Å²) in [5.74, 6) is 1.20. The van der Waals surface area contributed by atoms with E-state index in [1.807, 2.05) is 13.0 Å². The molecule has 104 valence electrons. The van der Waals surface area contributed by atoms with Crippen LogP contribution in [0.25, 0.3) is 6.08 Å². The minimum Gasteiger partial charge on any atom is -0.462 e. The van der Waals surface area contributed by atoms with Crippen molar-refractivity contribution < 1.29 is 19.1 Å². The third-order valence-electron chi connectivity index (χ3n) is 3.18. The first-order valence-electron chi connectivity index (χ1n) is 6.40. The molecule has 0 aliphatic carbocycles. The Morgan fingerprint density at radius 1 is 1.47 bits per heavy atom. The Morgan fingerprint density at radius 3 is 2.84 bits per heavy atom. The van der Waals surface area contributed by atoms with Crippen LogP contribution < -0.4 is 5.32 Å². The van der Waals surface area contributed by atoms with Crippen LogP contribution in [-0.4, -0.2) is 36.4 Å². The van der Waals surface area contributed by atoms with E-state index in [1.54, 1.807) is 12.1 Å². The standard InChI is InChI=1S/C14H19NO4/c1-11-2-3-12(19-11)4-5-13(16)15-10-14(17)6-8-18-9-7-14/h2-5,17H,6-10H2,1H3,(H,15,16)/b5-4+. The average molecular weight is 265 g/mol. The summed E-state index contributed by atoms with van der Waals surface area (Å²) in [6.07, 6.45) is 4.11. The maximum Gasteiger partial charge on any atom is 0.244 e. The molecule has 19 heavy (non-hydrogen) atoms. The van der Waals surface area contributed by atoms with E-state index in [9.17, 15) is 9.90 Å². The Kier molecular flexibility index (Phi) is 4.39. The number of hydrogen-bond donors (Lipinski definition) is 2. The highest BCUT2D eigenvalue weighted by atomic mass is 16.5. The monoisotopic (exact) mass is 265 g/mol. The fourth-order valence-electron chi connectivity index (χ4n) is 1.94. The Balaban J connectivity index is 1.79. The van der Waals surface area contributed by atoms with Gasteiger partial charge in [-0.05, 0) is 25.1 Å². The topological polar surface area (TPSA) is 71.7 Å². The van der Waals surface area contributed by atoms with Crippen molar-refractivity contribution in [2.45, 2.75) is 25.4 Å². The summed E-state index contributed by atoms with van der Waals surface area (Å²) >= 11 is 0. The number of rotatable bonds is 4. The fraction of sp³-hybridized carbons (Fsp3) is 0.500. The SMILES string of the molecule is Cc1ccc(/C=C/C(=O)NCC2(O)CCOCC2)o1. The zero-order valence-corrected chi connectivity index (χ0v) is 11.0. The maximum absolute atomic E-state index is 11.6. The number of furan rings is 1. The quantitative estimate of drug-likeness (QED) is 0.804. The van der Waals surface area contributed by atoms with Crippen molar-refractivity contribution in [3.63, 3.8) is 0 Å². The molecule has 0 bridgehead atoms. The van der Waals surface area contributed by atoms with Crippen LogP contribution in [0.1, 0.15) is 24.4 Å². The number of hydrogen-bond acceptors (Lipinski definition) is 4.